The average Bonchev–Trinajstić information content (AvgIpc) is 3.48. The standard InChI is InChI=1S/C23H22F4N4O2/c1-33-16-7-4-14(5-8-16)21(29-12-13-2-3-13)15-6-9-17(24)18(10-15)31-19(22(28)32)11-20(30-31)23(25,26)27/h4-11,13,21,29H,2-3,12H2,1H3,(H2,28,32). The largest absolute Gasteiger partial charge is 0.497 e. The third kappa shape index (κ3) is 5.00. The molecule has 1 amide bonds. The summed E-state index contributed by atoms with van der Waals surface area (Å²) in [5.41, 5.74) is 4.50. The molecular weight excluding hydrogens is 440 g/mol. The maximum atomic E-state index is 14.8. The quantitative estimate of drug-likeness (QED) is 0.491. The Morgan fingerprint density at radius 1 is 1.18 bits per heavy atom. The van der Waals surface area contributed by atoms with Gasteiger partial charge in [0.05, 0.1) is 13.2 Å². The van der Waals surface area contributed by atoms with E-state index in [4.69, 9.17) is 10.5 Å². The molecule has 1 saturated carbocycles. The van der Waals surface area contributed by atoms with Crippen LogP contribution < -0.4 is 15.8 Å². The number of nitrogens with zero attached hydrogens (tertiary/aromatic N) is 2. The van der Waals surface area contributed by atoms with Crippen molar-refractivity contribution in [1.82, 2.24) is 15.1 Å². The Morgan fingerprint density at radius 2 is 1.85 bits per heavy atom. The zero-order chi connectivity index (χ0) is 23.8. The first-order valence-electron chi connectivity index (χ1n) is 10.3. The number of amides is 1. The van der Waals surface area contributed by atoms with E-state index in [2.05, 4.69) is 10.4 Å². The molecule has 33 heavy (non-hydrogen) atoms. The SMILES string of the molecule is COc1ccc(C(NCC2CC2)c2ccc(F)c(-n3nc(C(F)(F)F)cc3C(N)=O)c2)cc1. The number of nitrogens with two attached hydrogens (primary N) is 1. The Hall–Kier alpha value is -3.40. The van der Waals surface area contributed by atoms with Crippen molar-refractivity contribution in [3.05, 3.63) is 76.9 Å². The van der Waals surface area contributed by atoms with Crippen molar-refractivity contribution < 1.29 is 27.1 Å². The number of primary amides is 1. The van der Waals surface area contributed by atoms with Crippen LogP contribution in [0, 0.1) is 11.7 Å². The van der Waals surface area contributed by atoms with Crippen molar-refractivity contribution in [3.8, 4) is 11.4 Å². The third-order valence-electron chi connectivity index (χ3n) is 5.54. The average molecular weight is 462 g/mol. The number of rotatable bonds is 8. The van der Waals surface area contributed by atoms with Gasteiger partial charge in [0.25, 0.3) is 5.91 Å². The van der Waals surface area contributed by atoms with E-state index in [9.17, 15) is 22.4 Å². The molecular formula is C23H22F4N4O2. The lowest BCUT2D eigenvalue weighted by Crippen LogP contribution is -2.25. The molecule has 0 saturated heterocycles. The Balaban J connectivity index is 1.78. The Labute approximate surface area is 187 Å². The van der Waals surface area contributed by atoms with Gasteiger partial charge in [-0.05, 0) is 60.7 Å². The lowest BCUT2D eigenvalue weighted by atomic mass is 9.97. The first kappa shape index (κ1) is 22.8. The van der Waals surface area contributed by atoms with Gasteiger partial charge in [-0.2, -0.15) is 18.3 Å². The van der Waals surface area contributed by atoms with Crippen LogP contribution in [-0.4, -0.2) is 29.3 Å². The van der Waals surface area contributed by atoms with Gasteiger partial charge in [-0.3, -0.25) is 4.79 Å². The van der Waals surface area contributed by atoms with Gasteiger partial charge in [0.15, 0.2) is 5.69 Å². The normalized spacial score (nSPS) is 14.8. The number of carbonyl (C=O) groups is 1. The number of methoxy groups -OCH3 is 1. The number of aromatic nitrogens is 2. The molecule has 1 fully saturated rings. The first-order chi connectivity index (χ1) is 15.7. The molecule has 0 aliphatic heterocycles. The lowest BCUT2D eigenvalue weighted by Gasteiger charge is -2.21. The summed E-state index contributed by atoms with van der Waals surface area (Å²) in [5.74, 6) is -0.774. The molecule has 10 heteroatoms. The van der Waals surface area contributed by atoms with Gasteiger partial charge < -0.3 is 15.8 Å². The fraction of sp³-hybridized carbons (Fsp3) is 0.304. The van der Waals surface area contributed by atoms with Crippen molar-refractivity contribution in [2.24, 2.45) is 11.7 Å². The molecule has 3 N–H and O–H groups in total. The van der Waals surface area contributed by atoms with Crippen LogP contribution in [0.3, 0.4) is 0 Å². The van der Waals surface area contributed by atoms with Gasteiger partial charge in [0.1, 0.15) is 22.9 Å². The van der Waals surface area contributed by atoms with Crippen LogP contribution in [0.25, 0.3) is 5.69 Å². The highest BCUT2D eigenvalue weighted by Gasteiger charge is 2.36. The highest BCUT2D eigenvalue weighted by atomic mass is 19.4. The molecule has 1 atom stereocenters. The van der Waals surface area contributed by atoms with E-state index in [0.717, 1.165) is 31.0 Å². The van der Waals surface area contributed by atoms with Crippen molar-refractivity contribution in [3.63, 3.8) is 0 Å². The Morgan fingerprint density at radius 3 is 2.42 bits per heavy atom. The predicted molar refractivity (Wildman–Crippen MR) is 113 cm³/mol. The maximum Gasteiger partial charge on any atom is 0.435 e. The van der Waals surface area contributed by atoms with E-state index in [0.29, 0.717) is 28.0 Å². The van der Waals surface area contributed by atoms with E-state index in [1.165, 1.54) is 6.07 Å². The van der Waals surface area contributed by atoms with Crippen molar-refractivity contribution in [1.29, 1.82) is 0 Å². The van der Waals surface area contributed by atoms with Gasteiger partial charge in [0, 0.05) is 6.07 Å². The second-order valence-electron chi connectivity index (χ2n) is 7.96. The molecule has 4 rings (SSSR count). The van der Waals surface area contributed by atoms with Crippen molar-refractivity contribution >= 4 is 5.91 Å². The Bertz CT molecular complexity index is 1150. The van der Waals surface area contributed by atoms with Crippen LogP contribution in [0.15, 0.2) is 48.5 Å². The van der Waals surface area contributed by atoms with Crippen molar-refractivity contribution in [2.45, 2.75) is 25.1 Å². The number of carbonyl (C=O) groups excluding carboxylic acids is 1. The molecule has 1 unspecified atom stereocenters. The predicted octanol–water partition coefficient (Wildman–Crippen LogP) is 4.23. The highest BCUT2D eigenvalue weighted by molar-refractivity contribution is 5.91. The molecule has 174 valence electrons. The maximum absolute atomic E-state index is 14.8. The molecule has 1 aliphatic rings. The zero-order valence-corrected chi connectivity index (χ0v) is 17.7. The first-order valence-corrected chi connectivity index (χ1v) is 10.3. The number of ether oxygens (including phenoxy) is 1. The van der Waals surface area contributed by atoms with Gasteiger partial charge in [-0.1, -0.05) is 18.2 Å². The van der Waals surface area contributed by atoms with Crippen LogP contribution >= 0.6 is 0 Å². The minimum absolute atomic E-state index is 0.302. The zero-order valence-electron chi connectivity index (χ0n) is 17.7. The smallest absolute Gasteiger partial charge is 0.435 e. The van der Waals surface area contributed by atoms with E-state index >= 15 is 0 Å². The number of alkyl halides is 3. The summed E-state index contributed by atoms with van der Waals surface area (Å²) in [6.07, 6.45) is -2.58. The monoisotopic (exact) mass is 462 g/mol. The van der Waals surface area contributed by atoms with Gasteiger partial charge in [0.2, 0.25) is 0 Å². The summed E-state index contributed by atoms with van der Waals surface area (Å²) in [6.45, 7) is 0.732. The number of benzene rings is 2. The minimum atomic E-state index is -4.82. The van der Waals surface area contributed by atoms with E-state index < -0.39 is 29.3 Å². The molecule has 1 aliphatic carbocycles. The molecule has 1 heterocycles. The van der Waals surface area contributed by atoms with Crippen LogP contribution in [0.5, 0.6) is 5.75 Å². The van der Waals surface area contributed by atoms with Gasteiger partial charge >= 0.3 is 6.18 Å². The fourth-order valence-corrected chi connectivity index (χ4v) is 3.58. The van der Waals surface area contributed by atoms with Gasteiger partial charge in [-0.25, -0.2) is 9.07 Å². The second kappa shape index (κ2) is 8.86. The molecule has 3 aromatic rings. The minimum Gasteiger partial charge on any atom is -0.497 e. The Kier molecular flexibility index (Phi) is 6.11. The van der Waals surface area contributed by atoms with Gasteiger partial charge in [-0.15, -0.1) is 0 Å². The summed E-state index contributed by atoms with van der Waals surface area (Å²) in [5, 5.41) is 6.88. The highest BCUT2D eigenvalue weighted by Crippen LogP contribution is 2.33. The topological polar surface area (TPSA) is 82.2 Å². The summed E-state index contributed by atoms with van der Waals surface area (Å²) >= 11 is 0. The number of nitrogens with one attached hydrogen (secondary N) is 1. The molecule has 0 radical (unpaired) electrons. The molecule has 0 spiro atoms. The number of halogens is 4. The number of hydrogen-bond donors (Lipinski definition) is 2. The van der Waals surface area contributed by atoms with Crippen LogP contribution in [0.1, 0.15) is 46.2 Å². The van der Waals surface area contributed by atoms with E-state index in [-0.39, 0.29) is 11.7 Å². The van der Waals surface area contributed by atoms with Crippen LogP contribution in [-0.2, 0) is 6.18 Å². The second-order valence-corrected chi connectivity index (χ2v) is 7.96. The fourth-order valence-electron chi connectivity index (χ4n) is 3.58. The molecule has 2 aromatic carbocycles. The summed E-state index contributed by atoms with van der Waals surface area (Å²) in [7, 11) is 1.56. The number of hydrogen-bond acceptors (Lipinski definition) is 4. The third-order valence-corrected chi connectivity index (χ3v) is 5.54. The van der Waals surface area contributed by atoms with Crippen LogP contribution in [0.4, 0.5) is 17.6 Å². The van der Waals surface area contributed by atoms with E-state index in [1.54, 1.807) is 25.3 Å². The summed E-state index contributed by atoms with van der Waals surface area (Å²) < 4.78 is 60.1. The summed E-state index contributed by atoms with van der Waals surface area (Å²) in [6, 6.07) is 11.5. The molecule has 6 nitrogen and oxygen atoms in total. The lowest BCUT2D eigenvalue weighted by molar-refractivity contribution is -0.141. The van der Waals surface area contributed by atoms with E-state index in [1.807, 2.05) is 12.1 Å². The summed E-state index contributed by atoms with van der Waals surface area (Å²) in [4.78, 5) is 11.8. The van der Waals surface area contributed by atoms with Crippen LogP contribution in [0.2, 0.25) is 0 Å². The van der Waals surface area contributed by atoms with Crippen molar-refractivity contribution in [2.75, 3.05) is 13.7 Å². The molecule has 1 aromatic heterocycles. The molecule has 0 bridgehead atoms.